The molecule has 0 N–H and O–H groups in total. The highest BCUT2D eigenvalue weighted by atomic mass is 28.3. The van der Waals surface area contributed by atoms with Crippen LogP contribution < -0.4 is 5.19 Å². The average molecular weight is 375 g/mol. The predicted molar refractivity (Wildman–Crippen MR) is 102 cm³/mol. The van der Waals surface area contributed by atoms with E-state index in [4.69, 9.17) is 4.84 Å². The Morgan fingerprint density at radius 2 is 1.50 bits per heavy atom. The van der Waals surface area contributed by atoms with Crippen LogP contribution >= 0.6 is 0 Å². The van der Waals surface area contributed by atoms with Crippen molar-refractivity contribution in [1.82, 2.24) is 5.06 Å². The minimum Gasteiger partial charge on any atom is -0.330 e. The zero-order chi connectivity index (χ0) is 19.3. The molecule has 0 spiro atoms. The van der Waals surface area contributed by atoms with Crippen molar-refractivity contribution < 1.29 is 19.2 Å². The molecule has 1 aromatic carbocycles. The number of hydroxylamine groups is 2. The molecular weight excluding hydrogens is 346 g/mol. The molecule has 5 nitrogen and oxygen atoms in total. The van der Waals surface area contributed by atoms with Crippen LogP contribution in [0.15, 0.2) is 24.3 Å². The third kappa shape index (κ3) is 5.80. The molecule has 0 unspecified atom stereocenters. The molecule has 0 aliphatic carbocycles. The SMILES string of the molecule is CC(C)C[Si](CC(C)C)c1ccc(CC(=O)ON2C(=O)CCC2=O)cc1. The van der Waals surface area contributed by atoms with Crippen molar-refractivity contribution in [3.8, 4) is 0 Å². The minimum atomic E-state index is -0.612. The number of carbonyl (C=O) groups excluding carboxylic acids is 3. The normalized spacial score (nSPS) is 14.8. The topological polar surface area (TPSA) is 63.7 Å². The van der Waals surface area contributed by atoms with Crippen molar-refractivity contribution in [2.24, 2.45) is 11.8 Å². The van der Waals surface area contributed by atoms with Gasteiger partial charge in [0.15, 0.2) is 0 Å². The second kappa shape index (κ2) is 9.12. The summed E-state index contributed by atoms with van der Waals surface area (Å²) in [5, 5.41) is 1.99. The van der Waals surface area contributed by atoms with Crippen LogP contribution in [-0.2, 0) is 25.6 Å². The van der Waals surface area contributed by atoms with Gasteiger partial charge in [-0.15, -0.1) is 5.06 Å². The van der Waals surface area contributed by atoms with Crippen LogP contribution in [0.1, 0.15) is 46.1 Å². The quantitative estimate of drug-likeness (QED) is 0.518. The summed E-state index contributed by atoms with van der Waals surface area (Å²) in [6, 6.07) is 10.6. The summed E-state index contributed by atoms with van der Waals surface area (Å²) < 4.78 is 0. The Kier molecular flexibility index (Phi) is 7.14. The lowest BCUT2D eigenvalue weighted by molar-refractivity contribution is -0.197. The number of imide groups is 1. The Morgan fingerprint density at radius 3 is 1.96 bits per heavy atom. The van der Waals surface area contributed by atoms with Gasteiger partial charge in [0.1, 0.15) is 0 Å². The van der Waals surface area contributed by atoms with Crippen LogP contribution in [0.5, 0.6) is 0 Å². The molecule has 2 rings (SSSR count). The molecule has 1 radical (unpaired) electrons. The van der Waals surface area contributed by atoms with Gasteiger partial charge in [0.2, 0.25) is 0 Å². The Labute approximate surface area is 157 Å². The monoisotopic (exact) mass is 374 g/mol. The Bertz CT molecular complexity index is 628. The predicted octanol–water partition coefficient (Wildman–Crippen LogP) is 2.85. The van der Waals surface area contributed by atoms with Gasteiger partial charge in [0.25, 0.3) is 11.8 Å². The van der Waals surface area contributed by atoms with E-state index in [1.807, 2.05) is 12.1 Å². The number of benzene rings is 1. The first-order valence-corrected chi connectivity index (χ1v) is 11.2. The number of nitrogens with zero attached hydrogens (tertiary/aromatic N) is 1. The molecule has 141 valence electrons. The molecule has 0 saturated carbocycles. The first-order valence-electron chi connectivity index (χ1n) is 9.26. The van der Waals surface area contributed by atoms with Gasteiger partial charge in [-0.1, -0.05) is 69.2 Å². The summed E-state index contributed by atoms with van der Waals surface area (Å²) in [6.45, 7) is 9.04. The van der Waals surface area contributed by atoms with E-state index in [0.29, 0.717) is 16.9 Å². The zero-order valence-electron chi connectivity index (χ0n) is 16.1. The molecule has 1 aliphatic heterocycles. The molecule has 2 amide bonds. The van der Waals surface area contributed by atoms with Crippen LogP contribution in [0.25, 0.3) is 0 Å². The summed E-state index contributed by atoms with van der Waals surface area (Å²) in [6.07, 6.45) is 0.266. The molecule has 1 heterocycles. The third-order valence-electron chi connectivity index (χ3n) is 4.22. The average Bonchev–Trinajstić information content (AvgIpc) is 2.86. The molecule has 1 aliphatic rings. The zero-order valence-corrected chi connectivity index (χ0v) is 17.1. The van der Waals surface area contributed by atoms with Crippen LogP contribution in [-0.4, -0.2) is 31.6 Å². The van der Waals surface area contributed by atoms with Gasteiger partial charge in [-0.05, 0) is 17.4 Å². The highest BCUT2D eigenvalue weighted by molar-refractivity contribution is 6.73. The van der Waals surface area contributed by atoms with E-state index in [1.54, 1.807) is 0 Å². The van der Waals surface area contributed by atoms with Crippen LogP contribution in [0.2, 0.25) is 12.1 Å². The summed E-state index contributed by atoms with van der Waals surface area (Å²) in [7, 11) is -0.612. The first-order chi connectivity index (χ1) is 12.3. The molecule has 1 fully saturated rings. The Hall–Kier alpha value is -1.95. The first kappa shape index (κ1) is 20.4. The molecule has 0 aromatic heterocycles. The van der Waals surface area contributed by atoms with E-state index in [0.717, 1.165) is 5.56 Å². The van der Waals surface area contributed by atoms with E-state index in [9.17, 15) is 14.4 Å². The van der Waals surface area contributed by atoms with Crippen molar-refractivity contribution in [2.75, 3.05) is 0 Å². The lowest BCUT2D eigenvalue weighted by Crippen LogP contribution is -2.33. The van der Waals surface area contributed by atoms with Gasteiger partial charge in [-0.2, -0.15) is 0 Å². The summed E-state index contributed by atoms with van der Waals surface area (Å²) in [4.78, 5) is 39.9. The van der Waals surface area contributed by atoms with E-state index in [1.165, 1.54) is 17.3 Å². The number of rotatable bonds is 8. The van der Waals surface area contributed by atoms with Gasteiger partial charge < -0.3 is 4.84 Å². The van der Waals surface area contributed by atoms with Gasteiger partial charge >= 0.3 is 5.97 Å². The second-order valence-corrected chi connectivity index (χ2v) is 10.3. The molecule has 1 saturated heterocycles. The number of hydrogen-bond donors (Lipinski definition) is 0. The third-order valence-corrected chi connectivity index (χ3v) is 7.99. The fraction of sp³-hybridized carbons (Fsp3) is 0.550. The van der Waals surface area contributed by atoms with Crippen molar-refractivity contribution in [1.29, 1.82) is 0 Å². The maximum absolute atomic E-state index is 12.0. The second-order valence-electron chi connectivity index (χ2n) is 7.72. The van der Waals surface area contributed by atoms with Gasteiger partial charge in [-0.3, -0.25) is 9.59 Å². The molecule has 6 heteroatoms. The molecule has 0 atom stereocenters. The largest absolute Gasteiger partial charge is 0.337 e. The van der Waals surface area contributed by atoms with E-state index in [2.05, 4.69) is 39.8 Å². The molecule has 0 bridgehead atoms. The highest BCUT2D eigenvalue weighted by Crippen LogP contribution is 2.16. The highest BCUT2D eigenvalue weighted by Gasteiger charge is 2.32. The summed E-state index contributed by atoms with van der Waals surface area (Å²) in [5.41, 5.74) is 0.827. The molecule has 26 heavy (non-hydrogen) atoms. The van der Waals surface area contributed by atoms with E-state index < -0.39 is 26.6 Å². The van der Waals surface area contributed by atoms with Crippen molar-refractivity contribution in [3.63, 3.8) is 0 Å². The van der Waals surface area contributed by atoms with Crippen LogP contribution in [0.4, 0.5) is 0 Å². The summed E-state index contributed by atoms with van der Waals surface area (Å²) >= 11 is 0. The van der Waals surface area contributed by atoms with Gasteiger partial charge in [0, 0.05) is 12.8 Å². The number of amides is 2. The molecule has 1 aromatic rings. The standard InChI is InChI=1S/C20H28NO4Si/c1-14(2)12-26(13-15(3)4)17-7-5-16(6-8-17)11-20(24)25-21-18(22)9-10-19(21)23/h5-8,14-15H,9-13H2,1-4H3. The maximum atomic E-state index is 12.0. The lowest BCUT2D eigenvalue weighted by atomic mass is 10.1. The number of carbonyl (C=O) groups is 3. The lowest BCUT2D eigenvalue weighted by Gasteiger charge is -2.20. The maximum Gasteiger partial charge on any atom is 0.337 e. The van der Waals surface area contributed by atoms with Gasteiger partial charge in [0.05, 0.1) is 15.2 Å². The van der Waals surface area contributed by atoms with Crippen molar-refractivity contribution >= 4 is 31.8 Å². The minimum absolute atomic E-state index is 0.0494. The number of hydrogen-bond acceptors (Lipinski definition) is 4. The fourth-order valence-corrected chi connectivity index (χ4v) is 6.37. The van der Waals surface area contributed by atoms with Crippen LogP contribution in [0, 0.1) is 11.8 Å². The van der Waals surface area contributed by atoms with Crippen molar-refractivity contribution in [2.45, 2.75) is 59.0 Å². The van der Waals surface area contributed by atoms with Crippen LogP contribution in [0.3, 0.4) is 0 Å². The van der Waals surface area contributed by atoms with Crippen molar-refractivity contribution in [3.05, 3.63) is 29.8 Å². The Balaban J connectivity index is 1.98. The van der Waals surface area contributed by atoms with E-state index >= 15 is 0 Å². The molecular formula is C20H28NO4Si. The summed E-state index contributed by atoms with van der Waals surface area (Å²) in [5.74, 6) is -0.140. The van der Waals surface area contributed by atoms with Gasteiger partial charge in [-0.25, -0.2) is 4.79 Å². The smallest absolute Gasteiger partial charge is 0.330 e. The van der Waals surface area contributed by atoms with E-state index in [-0.39, 0.29) is 19.3 Å². The fourth-order valence-electron chi connectivity index (χ4n) is 3.12. The Morgan fingerprint density at radius 1 is 1.00 bits per heavy atom.